The Morgan fingerprint density at radius 3 is 2.68 bits per heavy atom. The highest BCUT2D eigenvalue weighted by Gasteiger charge is 2.26. The molecule has 0 aliphatic carbocycles. The van der Waals surface area contributed by atoms with Gasteiger partial charge in [0.25, 0.3) is 0 Å². The standard InChI is InChI=1S/C19H21NO2/c1-2-15(14-8-4-3-5-9-14)19(21)20-17-12-13-22-18-11-7-6-10-16(17)18/h3-11,15,17H,2,12-13H2,1H3,(H,20,21)/t15-,17+/m0/s1. The molecule has 1 N–H and O–H groups in total. The lowest BCUT2D eigenvalue weighted by Crippen LogP contribution is -2.35. The molecular formula is C19H21NO2. The molecule has 0 fully saturated rings. The Balaban J connectivity index is 1.77. The number of fused-ring (bicyclic) bond motifs is 1. The van der Waals surface area contributed by atoms with Crippen LogP contribution in [0.5, 0.6) is 5.75 Å². The van der Waals surface area contributed by atoms with Crippen LogP contribution < -0.4 is 10.1 Å². The summed E-state index contributed by atoms with van der Waals surface area (Å²) >= 11 is 0. The summed E-state index contributed by atoms with van der Waals surface area (Å²) in [5.74, 6) is 0.874. The van der Waals surface area contributed by atoms with Gasteiger partial charge in [0.1, 0.15) is 5.75 Å². The fourth-order valence-corrected chi connectivity index (χ4v) is 3.02. The van der Waals surface area contributed by atoms with Gasteiger partial charge in [-0.15, -0.1) is 0 Å². The van der Waals surface area contributed by atoms with Gasteiger partial charge in [0.2, 0.25) is 5.91 Å². The van der Waals surface area contributed by atoms with Crippen LogP contribution in [-0.2, 0) is 4.79 Å². The van der Waals surface area contributed by atoms with E-state index in [9.17, 15) is 4.79 Å². The van der Waals surface area contributed by atoms with Crippen LogP contribution in [0.2, 0.25) is 0 Å². The second-order valence-electron chi connectivity index (χ2n) is 5.61. The van der Waals surface area contributed by atoms with Gasteiger partial charge in [-0.05, 0) is 18.1 Å². The number of rotatable bonds is 4. The van der Waals surface area contributed by atoms with Crippen molar-refractivity contribution in [3.8, 4) is 5.75 Å². The number of hydrogen-bond donors (Lipinski definition) is 1. The van der Waals surface area contributed by atoms with Crippen molar-refractivity contribution in [1.29, 1.82) is 0 Å². The zero-order valence-electron chi connectivity index (χ0n) is 12.8. The summed E-state index contributed by atoms with van der Waals surface area (Å²) in [5, 5.41) is 3.21. The quantitative estimate of drug-likeness (QED) is 0.931. The normalized spacial score (nSPS) is 18.0. The van der Waals surface area contributed by atoms with E-state index < -0.39 is 0 Å². The van der Waals surface area contributed by atoms with E-state index in [1.165, 1.54) is 0 Å². The predicted octanol–water partition coefficient (Wildman–Crippen LogP) is 3.82. The van der Waals surface area contributed by atoms with Gasteiger partial charge in [0, 0.05) is 12.0 Å². The third-order valence-electron chi connectivity index (χ3n) is 4.20. The van der Waals surface area contributed by atoms with Crippen molar-refractivity contribution in [3.63, 3.8) is 0 Å². The Morgan fingerprint density at radius 1 is 1.18 bits per heavy atom. The van der Waals surface area contributed by atoms with Crippen LogP contribution in [0.3, 0.4) is 0 Å². The molecule has 114 valence electrons. The Bertz CT molecular complexity index is 639. The molecule has 2 aromatic rings. The van der Waals surface area contributed by atoms with Crippen molar-refractivity contribution >= 4 is 5.91 Å². The van der Waals surface area contributed by atoms with Gasteiger partial charge in [-0.25, -0.2) is 0 Å². The van der Waals surface area contributed by atoms with E-state index in [0.717, 1.165) is 29.7 Å². The molecule has 0 spiro atoms. The van der Waals surface area contributed by atoms with Crippen molar-refractivity contribution in [1.82, 2.24) is 5.32 Å². The van der Waals surface area contributed by atoms with Crippen LogP contribution in [-0.4, -0.2) is 12.5 Å². The first-order valence-electron chi connectivity index (χ1n) is 7.86. The summed E-state index contributed by atoms with van der Waals surface area (Å²) < 4.78 is 5.66. The molecule has 1 aliphatic heterocycles. The van der Waals surface area contributed by atoms with Crippen LogP contribution in [0.1, 0.15) is 42.9 Å². The van der Waals surface area contributed by atoms with E-state index in [0.29, 0.717) is 6.61 Å². The fraction of sp³-hybridized carbons (Fsp3) is 0.316. The predicted molar refractivity (Wildman–Crippen MR) is 86.9 cm³/mol. The molecule has 0 aromatic heterocycles. The summed E-state index contributed by atoms with van der Waals surface area (Å²) in [6.45, 7) is 2.69. The lowest BCUT2D eigenvalue weighted by molar-refractivity contribution is -0.123. The number of carbonyl (C=O) groups is 1. The highest BCUT2D eigenvalue weighted by molar-refractivity contribution is 5.84. The van der Waals surface area contributed by atoms with Gasteiger partial charge < -0.3 is 10.1 Å². The molecule has 2 aromatic carbocycles. The molecule has 0 saturated heterocycles. The molecule has 3 rings (SSSR count). The third kappa shape index (κ3) is 2.98. The number of carbonyl (C=O) groups excluding carboxylic acids is 1. The summed E-state index contributed by atoms with van der Waals surface area (Å²) in [6, 6.07) is 18.0. The average Bonchev–Trinajstić information content (AvgIpc) is 2.57. The summed E-state index contributed by atoms with van der Waals surface area (Å²) in [5.41, 5.74) is 2.15. The SMILES string of the molecule is CC[C@H](C(=O)N[C@@H]1CCOc2ccccc21)c1ccccc1. The number of para-hydroxylation sites is 1. The maximum absolute atomic E-state index is 12.7. The Hall–Kier alpha value is -2.29. The number of amides is 1. The lowest BCUT2D eigenvalue weighted by Gasteiger charge is -2.28. The van der Waals surface area contributed by atoms with Crippen LogP contribution in [0.25, 0.3) is 0 Å². The third-order valence-corrected chi connectivity index (χ3v) is 4.20. The van der Waals surface area contributed by atoms with E-state index >= 15 is 0 Å². The van der Waals surface area contributed by atoms with Crippen LogP contribution in [0, 0.1) is 0 Å². The molecule has 0 unspecified atom stereocenters. The van der Waals surface area contributed by atoms with E-state index in [1.54, 1.807) is 0 Å². The topological polar surface area (TPSA) is 38.3 Å². The van der Waals surface area contributed by atoms with Gasteiger partial charge in [-0.3, -0.25) is 4.79 Å². The average molecular weight is 295 g/mol. The zero-order valence-corrected chi connectivity index (χ0v) is 12.8. The summed E-state index contributed by atoms with van der Waals surface area (Å²) in [4.78, 5) is 12.7. The van der Waals surface area contributed by atoms with E-state index in [-0.39, 0.29) is 17.9 Å². The molecule has 0 bridgehead atoms. The largest absolute Gasteiger partial charge is 0.493 e. The minimum absolute atomic E-state index is 0.0372. The molecule has 1 amide bonds. The Morgan fingerprint density at radius 2 is 1.91 bits per heavy atom. The maximum atomic E-state index is 12.7. The molecule has 3 heteroatoms. The smallest absolute Gasteiger partial charge is 0.228 e. The first kappa shape index (κ1) is 14.6. The van der Waals surface area contributed by atoms with Crippen molar-refractivity contribution in [3.05, 3.63) is 65.7 Å². The Labute approximate surface area is 131 Å². The highest BCUT2D eigenvalue weighted by Crippen LogP contribution is 2.32. The number of hydrogen-bond acceptors (Lipinski definition) is 2. The van der Waals surface area contributed by atoms with Crippen molar-refractivity contribution in [2.45, 2.75) is 31.7 Å². The van der Waals surface area contributed by atoms with Crippen LogP contribution in [0.4, 0.5) is 0 Å². The van der Waals surface area contributed by atoms with E-state index in [4.69, 9.17) is 4.74 Å². The van der Waals surface area contributed by atoms with Crippen molar-refractivity contribution < 1.29 is 9.53 Å². The molecule has 1 heterocycles. The second kappa shape index (κ2) is 6.65. The molecular weight excluding hydrogens is 274 g/mol. The van der Waals surface area contributed by atoms with Gasteiger partial charge >= 0.3 is 0 Å². The minimum atomic E-state index is -0.101. The summed E-state index contributed by atoms with van der Waals surface area (Å²) in [6.07, 6.45) is 1.61. The van der Waals surface area contributed by atoms with Crippen molar-refractivity contribution in [2.75, 3.05) is 6.61 Å². The van der Waals surface area contributed by atoms with Crippen LogP contribution >= 0.6 is 0 Å². The molecule has 3 nitrogen and oxygen atoms in total. The van der Waals surface area contributed by atoms with E-state index in [1.807, 2.05) is 54.6 Å². The lowest BCUT2D eigenvalue weighted by atomic mass is 9.94. The number of nitrogens with one attached hydrogen (secondary N) is 1. The van der Waals surface area contributed by atoms with Gasteiger partial charge in [0.15, 0.2) is 0 Å². The van der Waals surface area contributed by atoms with Gasteiger partial charge in [-0.2, -0.15) is 0 Å². The highest BCUT2D eigenvalue weighted by atomic mass is 16.5. The van der Waals surface area contributed by atoms with Gasteiger partial charge in [-0.1, -0.05) is 55.5 Å². The second-order valence-corrected chi connectivity index (χ2v) is 5.61. The molecule has 0 radical (unpaired) electrons. The first-order valence-corrected chi connectivity index (χ1v) is 7.86. The number of ether oxygens (including phenoxy) is 1. The number of benzene rings is 2. The van der Waals surface area contributed by atoms with Crippen LogP contribution in [0.15, 0.2) is 54.6 Å². The molecule has 2 atom stereocenters. The fourth-order valence-electron chi connectivity index (χ4n) is 3.02. The maximum Gasteiger partial charge on any atom is 0.228 e. The molecule has 0 saturated carbocycles. The van der Waals surface area contributed by atoms with Crippen molar-refractivity contribution in [2.24, 2.45) is 0 Å². The zero-order chi connectivity index (χ0) is 15.4. The summed E-state index contributed by atoms with van der Waals surface area (Å²) in [7, 11) is 0. The van der Waals surface area contributed by atoms with E-state index in [2.05, 4.69) is 12.2 Å². The van der Waals surface area contributed by atoms with Gasteiger partial charge in [0.05, 0.1) is 18.6 Å². The first-order chi connectivity index (χ1) is 10.8. The molecule has 1 aliphatic rings. The minimum Gasteiger partial charge on any atom is -0.493 e. The Kier molecular flexibility index (Phi) is 4.42. The molecule has 22 heavy (non-hydrogen) atoms. The monoisotopic (exact) mass is 295 g/mol.